The van der Waals surface area contributed by atoms with E-state index in [0.717, 1.165) is 64.1 Å². The molecule has 0 aliphatic heterocycles. The van der Waals surface area contributed by atoms with Crippen LogP contribution in [-0.2, 0) is 30.1 Å². The minimum absolute atomic E-state index is 0.665. The van der Waals surface area contributed by atoms with Crippen molar-refractivity contribution in [3.63, 3.8) is 0 Å². The van der Waals surface area contributed by atoms with Crippen molar-refractivity contribution in [1.29, 1.82) is 0 Å². The maximum Gasteiger partial charge on any atom is 0.314 e. The molecule has 1 aliphatic carbocycles. The van der Waals surface area contributed by atoms with E-state index in [1.807, 2.05) is 66.6 Å². The number of rotatable bonds is 8. The molecule has 2 heterocycles. The quantitative estimate of drug-likeness (QED) is 0.252. The van der Waals surface area contributed by atoms with Crippen LogP contribution in [0.25, 0.3) is 32.8 Å². The Balaban J connectivity index is 1.17. The SMILES string of the molecule is Cn1ncc(-c2ccc(-c3ccc(C4(C(=O)O)CC4)cc3)cc2)c1CCc1cnc(-c2ccccc2)s1. The van der Waals surface area contributed by atoms with Gasteiger partial charge in [0.25, 0.3) is 0 Å². The summed E-state index contributed by atoms with van der Waals surface area (Å²) in [5.74, 6) is -0.719. The lowest BCUT2D eigenvalue weighted by atomic mass is 9.93. The number of thiazole rings is 1. The summed E-state index contributed by atoms with van der Waals surface area (Å²) >= 11 is 1.75. The first-order valence-electron chi connectivity index (χ1n) is 12.5. The predicted molar refractivity (Wildman–Crippen MR) is 148 cm³/mol. The van der Waals surface area contributed by atoms with Crippen LogP contribution in [0.15, 0.2) is 91.3 Å². The van der Waals surface area contributed by atoms with E-state index in [1.165, 1.54) is 10.6 Å². The van der Waals surface area contributed by atoms with Gasteiger partial charge in [-0.3, -0.25) is 9.48 Å². The van der Waals surface area contributed by atoms with Gasteiger partial charge in [0.05, 0.1) is 11.6 Å². The molecule has 5 nitrogen and oxygen atoms in total. The molecule has 1 fully saturated rings. The number of carbonyl (C=O) groups is 1. The van der Waals surface area contributed by atoms with Crippen molar-refractivity contribution in [3.8, 4) is 32.8 Å². The van der Waals surface area contributed by atoms with Crippen LogP contribution in [0.2, 0.25) is 0 Å². The molecule has 0 unspecified atom stereocenters. The van der Waals surface area contributed by atoms with E-state index in [4.69, 9.17) is 0 Å². The van der Waals surface area contributed by atoms with E-state index < -0.39 is 11.4 Å². The second-order valence-corrected chi connectivity index (χ2v) is 10.8. The first-order chi connectivity index (χ1) is 18.0. The zero-order chi connectivity index (χ0) is 25.4. The van der Waals surface area contributed by atoms with Gasteiger partial charge in [0, 0.05) is 34.9 Å². The van der Waals surface area contributed by atoms with E-state index in [9.17, 15) is 9.90 Å². The van der Waals surface area contributed by atoms with Crippen molar-refractivity contribution in [2.75, 3.05) is 0 Å². The Morgan fingerprint density at radius 3 is 2.16 bits per heavy atom. The topological polar surface area (TPSA) is 68.0 Å². The van der Waals surface area contributed by atoms with Gasteiger partial charge < -0.3 is 5.11 Å². The summed E-state index contributed by atoms with van der Waals surface area (Å²) in [5.41, 5.74) is 7.08. The van der Waals surface area contributed by atoms with Crippen LogP contribution in [0.4, 0.5) is 0 Å². The zero-order valence-corrected chi connectivity index (χ0v) is 21.4. The van der Waals surface area contributed by atoms with Gasteiger partial charge in [-0.2, -0.15) is 5.10 Å². The molecular weight excluding hydrogens is 478 g/mol. The number of carboxylic acids is 1. The standard InChI is InChI=1S/C31H27N3O2S/c1-34-28(16-15-26-19-32-29(37-26)24-5-3-2-4-6-24)27(20-33-34)23-9-7-21(8-10-23)22-11-13-25(14-12-22)31(17-18-31)30(35)36/h2-14,19-20H,15-18H2,1H3,(H,35,36). The number of hydrogen-bond donors (Lipinski definition) is 1. The molecule has 37 heavy (non-hydrogen) atoms. The Morgan fingerprint density at radius 2 is 1.51 bits per heavy atom. The van der Waals surface area contributed by atoms with Gasteiger partial charge in [0.2, 0.25) is 0 Å². The lowest BCUT2D eigenvalue weighted by Gasteiger charge is -2.11. The van der Waals surface area contributed by atoms with E-state index >= 15 is 0 Å². The highest BCUT2D eigenvalue weighted by molar-refractivity contribution is 7.15. The Bertz CT molecular complexity index is 1550. The summed E-state index contributed by atoms with van der Waals surface area (Å²) in [5, 5.41) is 15.2. The molecule has 0 amide bonds. The van der Waals surface area contributed by atoms with E-state index in [0.29, 0.717) is 0 Å². The lowest BCUT2D eigenvalue weighted by molar-refractivity contribution is -0.140. The number of nitrogens with zero attached hydrogens (tertiary/aromatic N) is 3. The molecule has 3 aromatic carbocycles. The van der Waals surface area contributed by atoms with E-state index in [1.54, 1.807) is 11.3 Å². The lowest BCUT2D eigenvalue weighted by Crippen LogP contribution is -2.19. The van der Waals surface area contributed by atoms with Gasteiger partial charge in [0.15, 0.2) is 0 Å². The van der Waals surface area contributed by atoms with Crippen molar-refractivity contribution < 1.29 is 9.90 Å². The summed E-state index contributed by atoms with van der Waals surface area (Å²) in [7, 11) is 2.00. The molecule has 184 valence electrons. The molecular formula is C31H27N3O2S. The first-order valence-corrected chi connectivity index (χ1v) is 13.3. The van der Waals surface area contributed by atoms with Crippen molar-refractivity contribution in [2.24, 2.45) is 7.05 Å². The number of benzene rings is 3. The molecule has 2 aromatic heterocycles. The Labute approximate surface area is 220 Å². The smallest absolute Gasteiger partial charge is 0.314 e. The molecule has 6 rings (SSSR count). The van der Waals surface area contributed by atoms with Gasteiger partial charge in [-0.1, -0.05) is 78.9 Å². The highest BCUT2D eigenvalue weighted by Crippen LogP contribution is 2.48. The van der Waals surface area contributed by atoms with E-state index in [-0.39, 0.29) is 0 Å². The summed E-state index contributed by atoms with van der Waals surface area (Å²) in [6.45, 7) is 0. The first kappa shape index (κ1) is 23.4. The van der Waals surface area contributed by atoms with Gasteiger partial charge in [-0.25, -0.2) is 4.98 Å². The maximum absolute atomic E-state index is 11.6. The highest BCUT2D eigenvalue weighted by Gasteiger charge is 2.51. The van der Waals surface area contributed by atoms with Crippen molar-refractivity contribution in [2.45, 2.75) is 31.1 Å². The number of aliphatic carboxylic acids is 1. The summed E-state index contributed by atoms with van der Waals surface area (Å²) in [6.07, 6.45) is 7.19. The van der Waals surface area contributed by atoms with Crippen LogP contribution in [-0.4, -0.2) is 25.8 Å². The third-order valence-corrected chi connectivity index (χ3v) is 8.48. The van der Waals surface area contributed by atoms with Crippen LogP contribution in [0.1, 0.15) is 29.0 Å². The molecule has 1 aliphatic rings. The summed E-state index contributed by atoms with van der Waals surface area (Å²) in [6, 6.07) is 26.8. The molecule has 1 N–H and O–H groups in total. The number of hydrogen-bond acceptors (Lipinski definition) is 4. The molecule has 0 spiro atoms. The summed E-state index contributed by atoms with van der Waals surface area (Å²) < 4.78 is 1.97. The Kier molecular flexibility index (Phi) is 5.97. The van der Waals surface area contributed by atoms with Crippen LogP contribution in [0.5, 0.6) is 0 Å². The predicted octanol–water partition coefficient (Wildman–Crippen LogP) is 6.78. The fourth-order valence-electron chi connectivity index (χ4n) is 4.95. The number of aryl methyl sites for hydroxylation is 2. The largest absolute Gasteiger partial charge is 0.481 e. The third kappa shape index (κ3) is 4.49. The van der Waals surface area contributed by atoms with Crippen LogP contribution in [0.3, 0.4) is 0 Å². The van der Waals surface area contributed by atoms with Gasteiger partial charge in [-0.15, -0.1) is 11.3 Å². The molecule has 0 atom stereocenters. The van der Waals surface area contributed by atoms with Crippen molar-refractivity contribution in [3.05, 3.63) is 107 Å². The van der Waals surface area contributed by atoms with Gasteiger partial charge in [-0.05, 0) is 47.9 Å². The average Bonchev–Trinajstić information content (AvgIpc) is 3.49. The van der Waals surface area contributed by atoms with Crippen LogP contribution in [0, 0.1) is 0 Å². The van der Waals surface area contributed by atoms with Crippen molar-refractivity contribution >= 4 is 17.3 Å². The Hall–Kier alpha value is -4.03. The van der Waals surface area contributed by atoms with Crippen molar-refractivity contribution in [1.82, 2.24) is 14.8 Å². The zero-order valence-electron chi connectivity index (χ0n) is 20.6. The third-order valence-electron chi connectivity index (χ3n) is 7.37. The molecule has 0 radical (unpaired) electrons. The minimum atomic E-state index is -0.719. The highest BCUT2D eigenvalue weighted by atomic mass is 32.1. The van der Waals surface area contributed by atoms with E-state index in [2.05, 4.69) is 46.5 Å². The number of carboxylic acid groups (broad SMARTS) is 1. The van der Waals surface area contributed by atoms with Gasteiger partial charge >= 0.3 is 5.97 Å². The molecule has 0 bridgehead atoms. The Morgan fingerprint density at radius 1 is 0.865 bits per heavy atom. The summed E-state index contributed by atoms with van der Waals surface area (Å²) in [4.78, 5) is 17.5. The second-order valence-electron chi connectivity index (χ2n) is 9.67. The minimum Gasteiger partial charge on any atom is -0.481 e. The molecule has 6 heteroatoms. The van der Waals surface area contributed by atoms with Crippen LogP contribution < -0.4 is 0 Å². The second kappa shape index (κ2) is 9.45. The molecule has 5 aromatic rings. The average molecular weight is 506 g/mol. The van der Waals surface area contributed by atoms with Gasteiger partial charge in [0.1, 0.15) is 5.01 Å². The van der Waals surface area contributed by atoms with Crippen LogP contribution >= 0.6 is 11.3 Å². The maximum atomic E-state index is 11.6. The fourth-order valence-corrected chi connectivity index (χ4v) is 5.87. The fraction of sp³-hybridized carbons (Fsp3) is 0.194. The normalized spacial score (nSPS) is 14.0. The molecule has 1 saturated carbocycles. The monoisotopic (exact) mass is 505 g/mol. The number of aromatic nitrogens is 3. The molecule has 0 saturated heterocycles.